The topological polar surface area (TPSA) is 76.4 Å². The van der Waals surface area contributed by atoms with Gasteiger partial charge in [0.2, 0.25) is 9.84 Å². The van der Waals surface area contributed by atoms with Gasteiger partial charge in [-0.25, -0.2) is 17.2 Å². The SMILES string of the molecule is Cc1c(C2=CS(=O)(=O)c3ccc(F)cc32)c2ccc(F)cc2n1CC(=O)O. The van der Waals surface area contributed by atoms with Gasteiger partial charge in [-0.2, -0.15) is 0 Å². The normalized spacial score (nSPS) is 15.0. The number of hydrogen-bond donors (Lipinski definition) is 1. The third-order valence-corrected chi connectivity index (χ3v) is 6.18. The van der Waals surface area contributed by atoms with Crippen molar-refractivity contribution in [1.29, 1.82) is 0 Å². The van der Waals surface area contributed by atoms with E-state index in [9.17, 15) is 27.1 Å². The van der Waals surface area contributed by atoms with Gasteiger partial charge in [-0.15, -0.1) is 0 Å². The second kappa shape index (κ2) is 5.75. The number of carbonyl (C=O) groups is 1. The van der Waals surface area contributed by atoms with E-state index in [4.69, 9.17) is 0 Å². The molecule has 3 aromatic rings. The van der Waals surface area contributed by atoms with Crippen LogP contribution in [0, 0.1) is 18.6 Å². The molecule has 1 aliphatic heterocycles. The molecule has 0 atom stereocenters. The summed E-state index contributed by atoms with van der Waals surface area (Å²) in [7, 11) is -3.76. The van der Waals surface area contributed by atoms with E-state index in [-0.39, 0.29) is 16.0 Å². The number of aromatic nitrogens is 1. The zero-order chi connectivity index (χ0) is 19.5. The Bertz CT molecular complexity index is 1270. The minimum absolute atomic E-state index is 0.0143. The van der Waals surface area contributed by atoms with Crippen LogP contribution >= 0.6 is 0 Å². The monoisotopic (exact) mass is 389 g/mol. The van der Waals surface area contributed by atoms with Crippen molar-refractivity contribution in [3.05, 3.63) is 70.3 Å². The van der Waals surface area contributed by atoms with Crippen LogP contribution in [0.25, 0.3) is 16.5 Å². The van der Waals surface area contributed by atoms with Gasteiger partial charge in [0.25, 0.3) is 0 Å². The van der Waals surface area contributed by atoms with Crippen LogP contribution in [0.5, 0.6) is 0 Å². The van der Waals surface area contributed by atoms with Gasteiger partial charge in [0, 0.05) is 33.2 Å². The minimum atomic E-state index is -3.76. The Kier molecular flexibility index (Phi) is 3.71. The van der Waals surface area contributed by atoms with Crippen molar-refractivity contribution in [3.63, 3.8) is 0 Å². The second-order valence-corrected chi connectivity index (χ2v) is 8.08. The Hall–Kier alpha value is -3.00. The maximum Gasteiger partial charge on any atom is 0.323 e. The first-order chi connectivity index (χ1) is 12.7. The number of fused-ring (bicyclic) bond motifs is 2. The van der Waals surface area contributed by atoms with Crippen molar-refractivity contribution in [1.82, 2.24) is 4.57 Å². The highest BCUT2D eigenvalue weighted by Gasteiger charge is 2.31. The number of benzene rings is 2. The predicted molar refractivity (Wildman–Crippen MR) is 94.9 cm³/mol. The summed E-state index contributed by atoms with van der Waals surface area (Å²) in [4.78, 5) is 11.2. The molecule has 27 heavy (non-hydrogen) atoms. The lowest BCUT2D eigenvalue weighted by Crippen LogP contribution is -2.10. The Morgan fingerprint density at radius 1 is 1.11 bits per heavy atom. The number of hydrogen-bond acceptors (Lipinski definition) is 3. The average molecular weight is 389 g/mol. The van der Waals surface area contributed by atoms with Crippen LogP contribution < -0.4 is 0 Å². The molecule has 8 heteroatoms. The molecular formula is C19H13F2NO4S. The van der Waals surface area contributed by atoms with Crippen LogP contribution in [0.15, 0.2) is 46.7 Å². The molecule has 0 radical (unpaired) electrons. The lowest BCUT2D eigenvalue weighted by atomic mass is 9.97. The van der Waals surface area contributed by atoms with E-state index in [1.165, 1.54) is 28.8 Å². The molecule has 0 fully saturated rings. The fraction of sp³-hybridized carbons (Fsp3) is 0.105. The van der Waals surface area contributed by atoms with Crippen LogP contribution in [-0.4, -0.2) is 24.1 Å². The largest absolute Gasteiger partial charge is 0.480 e. The number of sulfone groups is 1. The summed E-state index contributed by atoms with van der Waals surface area (Å²) in [5.41, 5.74) is 1.70. The molecule has 0 spiro atoms. The first kappa shape index (κ1) is 17.4. The van der Waals surface area contributed by atoms with Crippen molar-refractivity contribution in [2.75, 3.05) is 0 Å². The molecule has 0 bridgehead atoms. The summed E-state index contributed by atoms with van der Waals surface area (Å²) in [6.45, 7) is 1.21. The molecule has 1 N–H and O–H groups in total. The number of carboxylic acid groups (broad SMARTS) is 1. The predicted octanol–water partition coefficient (Wildman–Crippen LogP) is 3.49. The van der Waals surface area contributed by atoms with Gasteiger partial charge >= 0.3 is 5.97 Å². The zero-order valence-electron chi connectivity index (χ0n) is 14.0. The minimum Gasteiger partial charge on any atom is -0.480 e. The Morgan fingerprint density at radius 2 is 1.78 bits per heavy atom. The van der Waals surface area contributed by atoms with E-state index >= 15 is 0 Å². The van der Waals surface area contributed by atoms with E-state index in [1.807, 2.05) is 0 Å². The van der Waals surface area contributed by atoms with Crippen LogP contribution in [0.4, 0.5) is 8.78 Å². The Morgan fingerprint density at radius 3 is 2.48 bits per heavy atom. The standard InChI is InChI=1S/C19H13F2NO4S/c1-10-19(13-4-2-12(21)7-16(13)22(10)8-18(23)24)15-9-27(25,26)17-5-3-11(20)6-14(15)17/h2-7,9H,8H2,1H3,(H,23,24). The van der Waals surface area contributed by atoms with Gasteiger partial charge in [-0.1, -0.05) is 0 Å². The summed E-state index contributed by atoms with van der Waals surface area (Å²) >= 11 is 0. The van der Waals surface area contributed by atoms with Gasteiger partial charge in [0.1, 0.15) is 18.2 Å². The summed E-state index contributed by atoms with van der Waals surface area (Å²) in [6.07, 6.45) is 0. The molecule has 2 heterocycles. The van der Waals surface area contributed by atoms with Crippen molar-refractivity contribution < 1.29 is 27.1 Å². The van der Waals surface area contributed by atoms with Gasteiger partial charge < -0.3 is 9.67 Å². The van der Waals surface area contributed by atoms with Gasteiger partial charge in [0.15, 0.2) is 0 Å². The highest BCUT2D eigenvalue weighted by Crippen LogP contribution is 2.42. The highest BCUT2D eigenvalue weighted by atomic mass is 32.2. The van der Waals surface area contributed by atoms with E-state index in [1.54, 1.807) is 6.92 Å². The number of carboxylic acids is 1. The smallest absolute Gasteiger partial charge is 0.323 e. The summed E-state index contributed by atoms with van der Waals surface area (Å²) in [5, 5.41) is 10.7. The lowest BCUT2D eigenvalue weighted by Gasteiger charge is -2.07. The molecule has 4 rings (SSSR count). The van der Waals surface area contributed by atoms with Gasteiger partial charge in [0.05, 0.1) is 10.4 Å². The lowest BCUT2D eigenvalue weighted by molar-refractivity contribution is -0.137. The van der Waals surface area contributed by atoms with Crippen LogP contribution in [0.1, 0.15) is 16.8 Å². The number of aliphatic carboxylic acids is 1. The summed E-state index contributed by atoms with van der Waals surface area (Å²) < 4.78 is 53.9. The molecule has 0 aliphatic carbocycles. The molecule has 138 valence electrons. The maximum absolute atomic E-state index is 13.8. The van der Waals surface area contributed by atoms with E-state index < -0.39 is 34.0 Å². The summed E-state index contributed by atoms with van der Waals surface area (Å²) in [6, 6.07) is 7.29. The Balaban J connectivity index is 2.09. The molecule has 2 aromatic carbocycles. The van der Waals surface area contributed by atoms with Crippen LogP contribution in [0.3, 0.4) is 0 Å². The molecule has 1 aromatic heterocycles. The first-order valence-electron chi connectivity index (χ1n) is 7.96. The zero-order valence-corrected chi connectivity index (χ0v) is 14.8. The van der Waals surface area contributed by atoms with Gasteiger partial charge in [-0.3, -0.25) is 4.79 Å². The third kappa shape index (κ3) is 2.64. The number of halogens is 2. The van der Waals surface area contributed by atoms with Gasteiger partial charge in [-0.05, 0) is 43.3 Å². The molecule has 0 unspecified atom stereocenters. The van der Waals surface area contributed by atoms with Crippen LogP contribution in [-0.2, 0) is 21.2 Å². The molecule has 5 nitrogen and oxygen atoms in total. The second-order valence-electron chi connectivity index (χ2n) is 6.32. The maximum atomic E-state index is 13.8. The van der Waals surface area contributed by atoms with E-state index in [0.29, 0.717) is 22.2 Å². The molecular weight excluding hydrogens is 376 g/mol. The molecule has 0 saturated heterocycles. The molecule has 0 saturated carbocycles. The van der Waals surface area contributed by atoms with Crippen molar-refractivity contribution in [2.45, 2.75) is 18.4 Å². The summed E-state index contributed by atoms with van der Waals surface area (Å²) in [5.74, 6) is -2.25. The fourth-order valence-electron chi connectivity index (χ4n) is 3.57. The van der Waals surface area contributed by atoms with E-state index in [0.717, 1.165) is 17.5 Å². The average Bonchev–Trinajstić information content (AvgIpc) is 2.98. The quantitative estimate of drug-likeness (QED) is 0.696. The number of rotatable bonds is 3. The van der Waals surface area contributed by atoms with Crippen molar-refractivity contribution >= 4 is 32.3 Å². The highest BCUT2D eigenvalue weighted by molar-refractivity contribution is 7.95. The van der Waals surface area contributed by atoms with E-state index in [2.05, 4.69) is 0 Å². The Labute approximate surface area is 153 Å². The first-order valence-corrected chi connectivity index (χ1v) is 9.51. The van der Waals surface area contributed by atoms with Crippen molar-refractivity contribution in [2.24, 2.45) is 0 Å². The van der Waals surface area contributed by atoms with Crippen LogP contribution in [0.2, 0.25) is 0 Å². The number of nitrogens with zero attached hydrogens (tertiary/aromatic N) is 1. The molecule has 1 aliphatic rings. The van der Waals surface area contributed by atoms with Crippen molar-refractivity contribution in [3.8, 4) is 0 Å². The molecule has 0 amide bonds. The fourth-order valence-corrected chi connectivity index (χ4v) is 4.98. The third-order valence-electron chi connectivity index (χ3n) is 4.66.